The topological polar surface area (TPSA) is 64.9 Å². The molecular weight excluding hydrogens is 194 g/mol. The molecular formula is C10H11N3O2. The van der Waals surface area contributed by atoms with Crippen LogP contribution in [-0.4, -0.2) is 22.9 Å². The van der Waals surface area contributed by atoms with E-state index >= 15 is 0 Å². The Morgan fingerprint density at radius 2 is 2.07 bits per heavy atom. The predicted octanol–water partition coefficient (Wildman–Crippen LogP) is 0.756. The van der Waals surface area contributed by atoms with E-state index in [0.717, 1.165) is 5.69 Å². The maximum atomic E-state index is 11.7. The zero-order valence-electron chi connectivity index (χ0n) is 8.21. The van der Waals surface area contributed by atoms with Gasteiger partial charge < -0.3 is 5.21 Å². The summed E-state index contributed by atoms with van der Waals surface area (Å²) in [4.78, 5) is 11.7. The standard InChI is InChI=1S/C10H11N3O2/c1-7-9(12-15)10(14)13(11-7)8-5-3-2-4-6-8/h2-7,11,15H,1H3. The van der Waals surface area contributed by atoms with Gasteiger partial charge in [-0.25, -0.2) is 10.4 Å². The highest BCUT2D eigenvalue weighted by Crippen LogP contribution is 2.16. The van der Waals surface area contributed by atoms with E-state index in [-0.39, 0.29) is 17.7 Å². The molecule has 15 heavy (non-hydrogen) atoms. The van der Waals surface area contributed by atoms with E-state index in [0.29, 0.717) is 0 Å². The summed E-state index contributed by atoms with van der Waals surface area (Å²) in [5.41, 5.74) is 3.77. The first kappa shape index (κ1) is 9.67. The number of rotatable bonds is 1. The lowest BCUT2D eigenvalue weighted by Crippen LogP contribution is -2.36. The number of benzene rings is 1. The lowest BCUT2D eigenvalue weighted by Gasteiger charge is -2.15. The number of carbonyl (C=O) groups excluding carboxylic acids is 1. The van der Waals surface area contributed by atoms with Crippen molar-refractivity contribution in [2.45, 2.75) is 13.0 Å². The number of anilines is 1. The van der Waals surface area contributed by atoms with Gasteiger partial charge in [0.25, 0.3) is 5.91 Å². The van der Waals surface area contributed by atoms with Crippen LogP contribution in [0, 0.1) is 0 Å². The van der Waals surface area contributed by atoms with Crippen molar-refractivity contribution in [3.8, 4) is 0 Å². The van der Waals surface area contributed by atoms with Gasteiger partial charge in [-0.3, -0.25) is 4.79 Å². The van der Waals surface area contributed by atoms with Crippen LogP contribution in [0.1, 0.15) is 6.92 Å². The molecule has 1 aromatic carbocycles. The first-order chi connectivity index (χ1) is 7.24. The van der Waals surface area contributed by atoms with Crippen LogP contribution in [0.5, 0.6) is 0 Å². The van der Waals surface area contributed by atoms with Crippen LogP contribution in [0.4, 0.5) is 5.69 Å². The van der Waals surface area contributed by atoms with E-state index in [9.17, 15) is 4.79 Å². The van der Waals surface area contributed by atoms with E-state index < -0.39 is 0 Å². The highest BCUT2D eigenvalue weighted by Gasteiger charge is 2.35. The van der Waals surface area contributed by atoms with E-state index in [1.54, 1.807) is 19.1 Å². The van der Waals surface area contributed by atoms with E-state index in [1.165, 1.54) is 5.01 Å². The summed E-state index contributed by atoms with van der Waals surface area (Å²) < 4.78 is 0. The number of hydrazine groups is 1. The van der Waals surface area contributed by atoms with Gasteiger partial charge in [0.2, 0.25) is 0 Å². The van der Waals surface area contributed by atoms with Crippen molar-refractivity contribution in [3.63, 3.8) is 0 Å². The van der Waals surface area contributed by atoms with Crippen molar-refractivity contribution < 1.29 is 10.0 Å². The van der Waals surface area contributed by atoms with Gasteiger partial charge in [0.15, 0.2) is 5.71 Å². The number of nitrogens with zero attached hydrogens (tertiary/aromatic N) is 2. The quantitative estimate of drug-likeness (QED) is 0.525. The van der Waals surface area contributed by atoms with Crippen molar-refractivity contribution in [2.24, 2.45) is 5.16 Å². The second-order valence-corrected chi connectivity index (χ2v) is 3.31. The molecule has 5 nitrogen and oxygen atoms in total. The van der Waals surface area contributed by atoms with Crippen LogP contribution >= 0.6 is 0 Å². The molecule has 0 aliphatic carbocycles. The predicted molar refractivity (Wildman–Crippen MR) is 55.7 cm³/mol. The van der Waals surface area contributed by atoms with Crippen molar-refractivity contribution in [3.05, 3.63) is 30.3 Å². The van der Waals surface area contributed by atoms with E-state index in [2.05, 4.69) is 10.6 Å². The van der Waals surface area contributed by atoms with E-state index in [4.69, 9.17) is 5.21 Å². The molecule has 0 bridgehead atoms. The van der Waals surface area contributed by atoms with Crippen LogP contribution in [0.3, 0.4) is 0 Å². The summed E-state index contributed by atoms with van der Waals surface area (Å²) in [5.74, 6) is -0.323. The molecule has 1 aliphatic heterocycles. The van der Waals surface area contributed by atoms with Gasteiger partial charge in [-0.15, -0.1) is 0 Å². The average molecular weight is 205 g/mol. The number of oxime groups is 1. The van der Waals surface area contributed by atoms with Gasteiger partial charge in [0.05, 0.1) is 11.7 Å². The van der Waals surface area contributed by atoms with Crippen LogP contribution in [0.25, 0.3) is 0 Å². The Morgan fingerprint density at radius 3 is 2.60 bits per heavy atom. The first-order valence-electron chi connectivity index (χ1n) is 4.61. The van der Waals surface area contributed by atoms with Gasteiger partial charge in [-0.2, -0.15) is 0 Å². The molecule has 78 valence electrons. The van der Waals surface area contributed by atoms with Gasteiger partial charge >= 0.3 is 0 Å². The zero-order valence-corrected chi connectivity index (χ0v) is 8.21. The number of hydrogen-bond donors (Lipinski definition) is 2. The number of para-hydroxylation sites is 1. The second kappa shape index (κ2) is 3.70. The Hall–Kier alpha value is -1.88. The van der Waals surface area contributed by atoms with Crippen LogP contribution in [0.15, 0.2) is 35.5 Å². The number of hydrogen-bond acceptors (Lipinski definition) is 4. The lowest BCUT2D eigenvalue weighted by molar-refractivity contribution is -0.112. The molecule has 1 atom stereocenters. The molecule has 0 spiro atoms. The van der Waals surface area contributed by atoms with Crippen LogP contribution in [-0.2, 0) is 4.79 Å². The number of carbonyl (C=O) groups is 1. The highest BCUT2D eigenvalue weighted by molar-refractivity contribution is 6.47. The lowest BCUT2D eigenvalue weighted by atomic mass is 10.2. The molecule has 2 N–H and O–H groups in total. The van der Waals surface area contributed by atoms with Gasteiger partial charge in [0, 0.05) is 0 Å². The fraction of sp³-hybridized carbons (Fsp3) is 0.200. The molecule has 5 heteroatoms. The SMILES string of the molecule is CC1NN(c2ccccc2)C(=O)C1=NO. The third-order valence-electron chi connectivity index (χ3n) is 2.28. The highest BCUT2D eigenvalue weighted by atomic mass is 16.4. The fourth-order valence-electron chi connectivity index (χ4n) is 1.51. The Bertz CT molecular complexity index is 402. The molecule has 0 radical (unpaired) electrons. The Morgan fingerprint density at radius 1 is 1.40 bits per heavy atom. The third kappa shape index (κ3) is 1.57. The molecule has 0 aromatic heterocycles. The molecule has 1 fully saturated rings. The maximum Gasteiger partial charge on any atom is 0.292 e. The summed E-state index contributed by atoms with van der Waals surface area (Å²) in [6.07, 6.45) is 0. The minimum absolute atomic E-state index is 0.124. The van der Waals surface area contributed by atoms with Crippen LogP contribution < -0.4 is 10.4 Å². The summed E-state index contributed by atoms with van der Waals surface area (Å²) in [6, 6.07) is 8.87. The smallest absolute Gasteiger partial charge is 0.292 e. The molecule has 1 aromatic rings. The minimum Gasteiger partial charge on any atom is -0.410 e. The molecule has 1 aliphatic rings. The Kier molecular flexibility index (Phi) is 2.39. The summed E-state index contributed by atoms with van der Waals surface area (Å²) in [5, 5.41) is 13.0. The molecule has 1 saturated heterocycles. The van der Waals surface area contributed by atoms with Crippen molar-refractivity contribution in [1.29, 1.82) is 0 Å². The molecule has 1 unspecified atom stereocenters. The largest absolute Gasteiger partial charge is 0.410 e. The molecule has 1 heterocycles. The number of amides is 1. The van der Waals surface area contributed by atoms with Crippen molar-refractivity contribution >= 4 is 17.3 Å². The van der Waals surface area contributed by atoms with Crippen molar-refractivity contribution in [2.75, 3.05) is 5.01 Å². The minimum atomic E-state index is -0.323. The average Bonchev–Trinajstić information content (AvgIpc) is 2.55. The zero-order chi connectivity index (χ0) is 10.8. The fourth-order valence-corrected chi connectivity index (χ4v) is 1.51. The van der Waals surface area contributed by atoms with Gasteiger partial charge in [0.1, 0.15) is 0 Å². The van der Waals surface area contributed by atoms with Crippen molar-refractivity contribution in [1.82, 2.24) is 5.43 Å². The van der Waals surface area contributed by atoms with Gasteiger partial charge in [-0.05, 0) is 19.1 Å². The second-order valence-electron chi connectivity index (χ2n) is 3.31. The molecule has 1 amide bonds. The Balaban J connectivity index is 2.31. The third-order valence-corrected chi connectivity index (χ3v) is 2.28. The Labute approximate surface area is 87.0 Å². The normalized spacial score (nSPS) is 23.8. The van der Waals surface area contributed by atoms with Crippen LogP contribution in [0.2, 0.25) is 0 Å². The number of nitrogens with one attached hydrogen (secondary N) is 1. The van der Waals surface area contributed by atoms with E-state index in [1.807, 2.05) is 18.2 Å². The molecule has 2 rings (SSSR count). The summed E-state index contributed by atoms with van der Waals surface area (Å²) >= 11 is 0. The monoisotopic (exact) mass is 205 g/mol. The molecule has 0 saturated carbocycles. The summed E-state index contributed by atoms with van der Waals surface area (Å²) in [6.45, 7) is 1.76. The first-order valence-corrected chi connectivity index (χ1v) is 4.61. The summed E-state index contributed by atoms with van der Waals surface area (Å²) in [7, 11) is 0. The van der Waals surface area contributed by atoms with Gasteiger partial charge in [-0.1, -0.05) is 23.4 Å². The maximum absolute atomic E-state index is 11.7.